The lowest BCUT2D eigenvalue weighted by Gasteiger charge is -2.30. The highest BCUT2D eigenvalue weighted by molar-refractivity contribution is 7.89. The van der Waals surface area contributed by atoms with E-state index in [2.05, 4.69) is 24.5 Å². The van der Waals surface area contributed by atoms with Crippen LogP contribution in [0.2, 0.25) is 0 Å². The lowest BCUT2D eigenvalue weighted by molar-refractivity contribution is 0.0914. The highest BCUT2D eigenvalue weighted by Gasteiger charge is 2.28. The zero-order valence-electron chi connectivity index (χ0n) is 15.6. The number of sulfonamides is 1. The molecule has 144 valence electrons. The van der Waals surface area contributed by atoms with E-state index >= 15 is 0 Å². The van der Waals surface area contributed by atoms with Crippen LogP contribution in [-0.2, 0) is 10.0 Å². The molecule has 2 atom stereocenters. The lowest BCUT2D eigenvalue weighted by Crippen LogP contribution is -2.48. The van der Waals surface area contributed by atoms with Gasteiger partial charge in [-0.3, -0.25) is 4.79 Å². The largest absolute Gasteiger partial charge is 0.349 e. The summed E-state index contributed by atoms with van der Waals surface area (Å²) in [5.41, 5.74) is 0.502. The molecule has 0 radical (unpaired) electrons. The minimum Gasteiger partial charge on any atom is -0.349 e. The molecule has 0 saturated carbocycles. The van der Waals surface area contributed by atoms with Gasteiger partial charge >= 0.3 is 0 Å². The molecule has 2 aliphatic rings. The summed E-state index contributed by atoms with van der Waals surface area (Å²) in [5.74, 6) is 0.818. The molecule has 1 aromatic rings. The van der Waals surface area contributed by atoms with Crippen LogP contribution < -0.4 is 10.6 Å². The van der Waals surface area contributed by atoms with Crippen LogP contribution in [-0.4, -0.2) is 50.9 Å². The number of hydrogen-bond donors (Lipinski definition) is 2. The Morgan fingerprint density at radius 2 is 1.77 bits per heavy atom. The molecular weight excluding hydrogens is 350 g/mol. The normalized spacial score (nSPS) is 25.8. The zero-order valence-corrected chi connectivity index (χ0v) is 16.4. The Hall–Kier alpha value is -1.44. The van der Waals surface area contributed by atoms with Gasteiger partial charge in [0.05, 0.1) is 4.90 Å². The van der Waals surface area contributed by atoms with E-state index in [1.165, 1.54) is 0 Å². The van der Waals surface area contributed by atoms with Gasteiger partial charge in [-0.2, -0.15) is 4.31 Å². The van der Waals surface area contributed by atoms with Crippen LogP contribution in [0.4, 0.5) is 0 Å². The van der Waals surface area contributed by atoms with Gasteiger partial charge in [-0.15, -0.1) is 0 Å². The molecule has 2 fully saturated rings. The fourth-order valence-electron chi connectivity index (χ4n) is 3.63. The molecule has 2 aliphatic heterocycles. The van der Waals surface area contributed by atoms with Crippen molar-refractivity contribution in [3.63, 3.8) is 0 Å². The first-order valence-electron chi connectivity index (χ1n) is 9.49. The van der Waals surface area contributed by atoms with Crippen molar-refractivity contribution in [2.45, 2.75) is 44.0 Å². The van der Waals surface area contributed by atoms with Crippen LogP contribution in [0.15, 0.2) is 29.2 Å². The van der Waals surface area contributed by atoms with Crippen LogP contribution in [0, 0.1) is 11.8 Å². The molecule has 0 aromatic heterocycles. The van der Waals surface area contributed by atoms with Crippen molar-refractivity contribution in [2.24, 2.45) is 11.8 Å². The first kappa shape index (κ1) is 19.3. The Morgan fingerprint density at radius 1 is 1.12 bits per heavy atom. The summed E-state index contributed by atoms with van der Waals surface area (Å²) >= 11 is 0. The fourth-order valence-corrected chi connectivity index (χ4v) is 5.10. The maximum absolute atomic E-state index is 12.8. The Labute approximate surface area is 156 Å². The molecule has 2 N–H and O–H groups in total. The number of amides is 1. The van der Waals surface area contributed by atoms with Crippen LogP contribution in [0.1, 0.15) is 43.5 Å². The molecule has 1 amide bonds. The Bertz CT molecular complexity index is 725. The minimum atomic E-state index is -3.47. The zero-order chi connectivity index (χ0) is 18.7. The third-order valence-electron chi connectivity index (χ3n) is 5.60. The molecule has 0 bridgehead atoms. The second-order valence-electron chi connectivity index (χ2n) is 7.66. The number of benzene rings is 1. The highest BCUT2D eigenvalue weighted by atomic mass is 32.2. The van der Waals surface area contributed by atoms with Crippen molar-refractivity contribution in [1.82, 2.24) is 14.9 Å². The van der Waals surface area contributed by atoms with Crippen LogP contribution in [0.25, 0.3) is 0 Å². The summed E-state index contributed by atoms with van der Waals surface area (Å²) in [7, 11) is -3.47. The van der Waals surface area contributed by atoms with E-state index in [-0.39, 0.29) is 16.8 Å². The SMILES string of the molecule is CC1CCN(S(=O)(=O)c2ccc(C(=O)NC3CCNCC3C)cc2)CC1. The molecule has 2 saturated heterocycles. The van der Waals surface area contributed by atoms with Gasteiger partial charge in [0.25, 0.3) is 5.91 Å². The van der Waals surface area contributed by atoms with Gasteiger partial charge in [0.15, 0.2) is 0 Å². The minimum absolute atomic E-state index is 0.139. The summed E-state index contributed by atoms with van der Waals surface area (Å²) in [4.78, 5) is 12.7. The molecule has 0 spiro atoms. The average Bonchev–Trinajstić information content (AvgIpc) is 2.64. The van der Waals surface area contributed by atoms with Crippen LogP contribution in [0.5, 0.6) is 0 Å². The van der Waals surface area contributed by atoms with Gasteiger partial charge in [-0.25, -0.2) is 8.42 Å². The molecule has 6 nitrogen and oxygen atoms in total. The van der Waals surface area contributed by atoms with Crippen molar-refractivity contribution in [1.29, 1.82) is 0 Å². The fraction of sp³-hybridized carbons (Fsp3) is 0.632. The predicted molar refractivity (Wildman–Crippen MR) is 102 cm³/mol. The third kappa shape index (κ3) is 4.27. The van der Waals surface area contributed by atoms with Crippen LogP contribution in [0.3, 0.4) is 0 Å². The number of carbonyl (C=O) groups is 1. The maximum Gasteiger partial charge on any atom is 0.251 e. The van der Waals surface area contributed by atoms with E-state index in [9.17, 15) is 13.2 Å². The molecule has 2 unspecified atom stereocenters. The third-order valence-corrected chi connectivity index (χ3v) is 7.51. The first-order valence-corrected chi connectivity index (χ1v) is 10.9. The topological polar surface area (TPSA) is 78.5 Å². The number of nitrogens with zero attached hydrogens (tertiary/aromatic N) is 1. The number of rotatable bonds is 4. The Balaban J connectivity index is 1.66. The van der Waals surface area contributed by atoms with Crippen molar-refractivity contribution < 1.29 is 13.2 Å². The van der Waals surface area contributed by atoms with E-state index < -0.39 is 10.0 Å². The van der Waals surface area contributed by atoms with E-state index in [0.29, 0.717) is 30.5 Å². The second-order valence-corrected chi connectivity index (χ2v) is 9.60. The Morgan fingerprint density at radius 3 is 2.38 bits per heavy atom. The lowest BCUT2D eigenvalue weighted by atomic mass is 9.95. The predicted octanol–water partition coefficient (Wildman–Crippen LogP) is 1.84. The van der Waals surface area contributed by atoms with Gasteiger partial charge in [0.2, 0.25) is 10.0 Å². The van der Waals surface area contributed by atoms with Gasteiger partial charge in [-0.05, 0) is 68.5 Å². The van der Waals surface area contributed by atoms with Crippen molar-refractivity contribution in [2.75, 3.05) is 26.2 Å². The van der Waals surface area contributed by atoms with Gasteiger partial charge < -0.3 is 10.6 Å². The summed E-state index contributed by atoms with van der Waals surface area (Å²) in [6.45, 7) is 7.21. The van der Waals surface area contributed by atoms with Gasteiger partial charge in [0, 0.05) is 24.7 Å². The van der Waals surface area contributed by atoms with Crippen LogP contribution >= 0.6 is 0 Å². The average molecular weight is 380 g/mol. The van der Waals surface area contributed by atoms with Crippen molar-refractivity contribution in [3.05, 3.63) is 29.8 Å². The molecule has 2 heterocycles. The first-order chi connectivity index (χ1) is 12.4. The molecule has 3 rings (SSSR count). The smallest absolute Gasteiger partial charge is 0.251 e. The number of carbonyl (C=O) groups excluding carboxylic acids is 1. The van der Waals surface area contributed by atoms with E-state index in [1.807, 2.05) is 0 Å². The maximum atomic E-state index is 12.8. The summed E-state index contributed by atoms with van der Waals surface area (Å²) < 4.78 is 27.1. The molecule has 26 heavy (non-hydrogen) atoms. The van der Waals surface area contributed by atoms with Crippen molar-refractivity contribution >= 4 is 15.9 Å². The van der Waals surface area contributed by atoms with E-state index in [0.717, 1.165) is 32.4 Å². The number of piperidine rings is 2. The molecule has 1 aromatic carbocycles. The quantitative estimate of drug-likeness (QED) is 0.837. The monoisotopic (exact) mass is 379 g/mol. The number of nitrogens with one attached hydrogen (secondary N) is 2. The summed E-state index contributed by atoms with van der Waals surface area (Å²) in [6, 6.07) is 6.48. The summed E-state index contributed by atoms with van der Waals surface area (Å²) in [6.07, 6.45) is 2.70. The molecule has 0 aliphatic carbocycles. The van der Waals surface area contributed by atoms with E-state index in [1.54, 1.807) is 28.6 Å². The Kier molecular flexibility index (Phi) is 5.99. The number of hydrogen-bond acceptors (Lipinski definition) is 4. The molecular formula is C19H29N3O3S. The molecule has 7 heteroatoms. The van der Waals surface area contributed by atoms with Crippen molar-refractivity contribution in [3.8, 4) is 0 Å². The van der Waals surface area contributed by atoms with Gasteiger partial charge in [0.1, 0.15) is 0 Å². The standard InChI is InChI=1S/C19H29N3O3S/c1-14-8-11-22(12-9-14)26(24,25)17-5-3-16(4-6-17)19(23)21-18-7-10-20-13-15(18)2/h3-6,14-15,18,20H,7-13H2,1-2H3,(H,21,23). The van der Waals surface area contributed by atoms with E-state index in [4.69, 9.17) is 0 Å². The second kappa shape index (κ2) is 8.06. The summed E-state index contributed by atoms with van der Waals surface area (Å²) in [5, 5.41) is 6.39. The van der Waals surface area contributed by atoms with Gasteiger partial charge in [-0.1, -0.05) is 13.8 Å². The highest BCUT2D eigenvalue weighted by Crippen LogP contribution is 2.23.